The van der Waals surface area contributed by atoms with Gasteiger partial charge in [-0.05, 0) is 43.2 Å². The van der Waals surface area contributed by atoms with E-state index in [2.05, 4.69) is 21.2 Å². The maximum absolute atomic E-state index is 12.9. The van der Waals surface area contributed by atoms with Crippen molar-refractivity contribution in [2.24, 2.45) is 0 Å². The van der Waals surface area contributed by atoms with Crippen LogP contribution in [-0.4, -0.2) is 64.6 Å². The minimum Gasteiger partial charge on any atom is -0.495 e. The molecule has 4 aromatic rings. The van der Waals surface area contributed by atoms with Crippen molar-refractivity contribution in [2.45, 2.75) is 24.4 Å². The molecule has 0 radical (unpaired) electrons. The van der Waals surface area contributed by atoms with Crippen LogP contribution in [-0.2, 0) is 4.79 Å². The molecular formula is C30H31Cl2N5O2S. The van der Waals surface area contributed by atoms with E-state index >= 15 is 0 Å². The summed E-state index contributed by atoms with van der Waals surface area (Å²) in [6.07, 6.45) is 2.27. The van der Waals surface area contributed by atoms with Crippen LogP contribution in [0.2, 0.25) is 10.0 Å². The van der Waals surface area contributed by atoms with E-state index in [-0.39, 0.29) is 5.91 Å². The summed E-state index contributed by atoms with van der Waals surface area (Å²) < 4.78 is 7.51. The first-order valence-corrected chi connectivity index (χ1v) is 15.0. The standard InChI is InChI=1S/C30H31Cl2N5O2S/c1-39-27-12-6-5-11-26(27)35-16-18-36(19-17-35)28(38)13-7-8-20-40-30-34-33-29(22-9-3-2-4-10-22)37(30)23-14-15-24(31)25(32)21-23/h2-6,9-12,14-15,21H,7-8,13,16-20H2,1H3. The normalized spacial score (nSPS) is 13.5. The molecule has 40 heavy (non-hydrogen) atoms. The lowest BCUT2D eigenvalue weighted by molar-refractivity contribution is -0.131. The number of hydrogen-bond acceptors (Lipinski definition) is 6. The quantitative estimate of drug-likeness (QED) is 0.147. The summed E-state index contributed by atoms with van der Waals surface area (Å²) in [6, 6.07) is 23.5. The van der Waals surface area contributed by atoms with E-state index in [0.717, 1.165) is 78.4 Å². The highest BCUT2D eigenvalue weighted by atomic mass is 35.5. The van der Waals surface area contributed by atoms with Crippen LogP contribution in [0, 0.1) is 0 Å². The van der Waals surface area contributed by atoms with E-state index in [1.165, 1.54) is 0 Å². The number of benzene rings is 3. The number of hydrogen-bond donors (Lipinski definition) is 0. The molecule has 0 atom stereocenters. The zero-order valence-corrected chi connectivity index (χ0v) is 24.6. The van der Waals surface area contributed by atoms with Gasteiger partial charge in [-0.15, -0.1) is 10.2 Å². The van der Waals surface area contributed by atoms with Crippen LogP contribution in [0.4, 0.5) is 5.69 Å². The highest BCUT2D eigenvalue weighted by molar-refractivity contribution is 7.99. The largest absolute Gasteiger partial charge is 0.495 e. The summed E-state index contributed by atoms with van der Waals surface area (Å²) in [7, 11) is 1.69. The average Bonchev–Trinajstić information content (AvgIpc) is 3.42. The van der Waals surface area contributed by atoms with Crippen LogP contribution in [0.1, 0.15) is 19.3 Å². The fourth-order valence-electron chi connectivity index (χ4n) is 4.78. The van der Waals surface area contributed by atoms with Crippen LogP contribution >= 0.6 is 35.0 Å². The molecule has 5 rings (SSSR count). The van der Waals surface area contributed by atoms with Gasteiger partial charge in [0.2, 0.25) is 5.91 Å². The van der Waals surface area contributed by atoms with Gasteiger partial charge < -0.3 is 14.5 Å². The molecule has 1 amide bonds. The van der Waals surface area contributed by atoms with E-state index in [4.69, 9.17) is 27.9 Å². The van der Waals surface area contributed by atoms with Crippen molar-refractivity contribution in [3.63, 3.8) is 0 Å². The van der Waals surface area contributed by atoms with Gasteiger partial charge in [0.1, 0.15) is 5.75 Å². The van der Waals surface area contributed by atoms with Gasteiger partial charge in [0.05, 0.1) is 28.5 Å². The molecule has 1 fully saturated rings. The topological polar surface area (TPSA) is 63.5 Å². The molecule has 0 spiro atoms. The summed E-state index contributed by atoms with van der Waals surface area (Å²) >= 11 is 14.1. The van der Waals surface area contributed by atoms with Crippen molar-refractivity contribution in [3.05, 3.63) is 82.8 Å². The summed E-state index contributed by atoms with van der Waals surface area (Å²) in [5.41, 5.74) is 2.89. The Hall–Kier alpha value is -3.20. The van der Waals surface area contributed by atoms with Gasteiger partial charge in [-0.3, -0.25) is 9.36 Å². The fraction of sp³-hybridized carbons (Fsp3) is 0.300. The van der Waals surface area contributed by atoms with Crippen molar-refractivity contribution in [1.82, 2.24) is 19.7 Å². The molecule has 1 saturated heterocycles. The number of anilines is 1. The number of para-hydroxylation sites is 2. The van der Waals surface area contributed by atoms with Gasteiger partial charge in [0.25, 0.3) is 0 Å². The van der Waals surface area contributed by atoms with Crippen LogP contribution in [0.15, 0.2) is 78.0 Å². The zero-order chi connectivity index (χ0) is 27.9. The van der Waals surface area contributed by atoms with Gasteiger partial charge in [0, 0.05) is 43.9 Å². The second-order valence-electron chi connectivity index (χ2n) is 9.45. The number of unbranched alkanes of at least 4 members (excludes halogenated alkanes) is 1. The number of aromatic nitrogens is 3. The molecular weight excluding hydrogens is 565 g/mol. The number of methoxy groups -OCH3 is 1. The lowest BCUT2D eigenvalue weighted by Gasteiger charge is -2.36. The molecule has 7 nitrogen and oxygen atoms in total. The Balaban J connectivity index is 1.14. The number of rotatable bonds is 10. The molecule has 0 unspecified atom stereocenters. The summed E-state index contributed by atoms with van der Waals surface area (Å²) in [6.45, 7) is 3.05. The number of thioether (sulfide) groups is 1. The first-order chi connectivity index (χ1) is 19.5. The van der Waals surface area contributed by atoms with Gasteiger partial charge >= 0.3 is 0 Å². The third-order valence-corrected chi connectivity index (χ3v) is 8.66. The van der Waals surface area contributed by atoms with Crippen molar-refractivity contribution >= 4 is 46.6 Å². The Morgan fingerprint density at radius 2 is 1.65 bits per heavy atom. The van der Waals surface area contributed by atoms with Crippen molar-refractivity contribution in [2.75, 3.05) is 43.9 Å². The van der Waals surface area contributed by atoms with Crippen molar-refractivity contribution in [1.29, 1.82) is 0 Å². The van der Waals surface area contributed by atoms with Crippen LogP contribution in [0.5, 0.6) is 5.75 Å². The van der Waals surface area contributed by atoms with Gasteiger partial charge in [-0.2, -0.15) is 0 Å². The Bertz CT molecular complexity index is 1440. The minimum atomic E-state index is 0.218. The predicted octanol–water partition coefficient (Wildman–Crippen LogP) is 6.86. The maximum Gasteiger partial charge on any atom is 0.222 e. The minimum absolute atomic E-state index is 0.218. The van der Waals surface area contributed by atoms with Gasteiger partial charge in [-0.25, -0.2) is 0 Å². The fourth-order valence-corrected chi connectivity index (χ4v) is 6.03. The molecule has 1 aliphatic rings. The molecule has 3 aromatic carbocycles. The van der Waals surface area contributed by atoms with Crippen LogP contribution in [0.3, 0.4) is 0 Å². The number of piperazine rings is 1. The van der Waals surface area contributed by atoms with E-state index in [9.17, 15) is 4.79 Å². The molecule has 2 heterocycles. The Morgan fingerprint density at radius 1 is 0.900 bits per heavy atom. The van der Waals surface area contributed by atoms with E-state index in [0.29, 0.717) is 16.5 Å². The molecule has 0 N–H and O–H groups in total. The number of halogens is 2. The third-order valence-electron chi connectivity index (χ3n) is 6.90. The Labute approximate surface area is 249 Å². The number of nitrogens with zero attached hydrogens (tertiary/aromatic N) is 5. The molecule has 0 aliphatic carbocycles. The molecule has 1 aromatic heterocycles. The molecule has 0 saturated carbocycles. The van der Waals surface area contributed by atoms with Gasteiger partial charge in [0.15, 0.2) is 11.0 Å². The summed E-state index contributed by atoms with van der Waals surface area (Å²) in [5.74, 6) is 2.65. The Morgan fingerprint density at radius 3 is 2.40 bits per heavy atom. The first-order valence-electron chi connectivity index (χ1n) is 13.3. The second-order valence-corrected chi connectivity index (χ2v) is 11.3. The van der Waals surface area contributed by atoms with Crippen molar-refractivity contribution in [3.8, 4) is 22.8 Å². The van der Waals surface area contributed by atoms with Crippen LogP contribution < -0.4 is 9.64 Å². The Kier molecular flexibility index (Phi) is 9.52. The van der Waals surface area contributed by atoms with Crippen molar-refractivity contribution < 1.29 is 9.53 Å². The molecule has 208 valence electrons. The third kappa shape index (κ3) is 6.57. The zero-order valence-electron chi connectivity index (χ0n) is 22.3. The predicted molar refractivity (Wildman–Crippen MR) is 163 cm³/mol. The monoisotopic (exact) mass is 595 g/mol. The number of carbonyl (C=O) groups excluding carboxylic acids is 1. The number of ether oxygens (including phenoxy) is 1. The highest BCUT2D eigenvalue weighted by Gasteiger charge is 2.23. The summed E-state index contributed by atoms with van der Waals surface area (Å²) in [4.78, 5) is 17.1. The summed E-state index contributed by atoms with van der Waals surface area (Å²) in [5, 5.41) is 10.7. The lowest BCUT2D eigenvalue weighted by atomic mass is 10.2. The number of carbonyl (C=O) groups is 1. The van der Waals surface area contributed by atoms with Gasteiger partial charge in [-0.1, -0.05) is 77.4 Å². The first kappa shape index (κ1) is 28.3. The maximum atomic E-state index is 12.9. The SMILES string of the molecule is COc1ccccc1N1CCN(C(=O)CCCCSc2nnc(-c3ccccc3)n2-c2ccc(Cl)c(Cl)c2)CC1. The molecule has 1 aliphatic heterocycles. The lowest BCUT2D eigenvalue weighted by Crippen LogP contribution is -2.48. The smallest absolute Gasteiger partial charge is 0.222 e. The number of amides is 1. The molecule has 10 heteroatoms. The van der Waals surface area contributed by atoms with E-state index < -0.39 is 0 Å². The average molecular weight is 597 g/mol. The second kappa shape index (κ2) is 13.4. The van der Waals surface area contributed by atoms with E-state index in [1.807, 2.05) is 70.1 Å². The molecule has 0 bridgehead atoms. The highest BCUT2D eigenvalue weighted by Crippen LogP contribution is 2.32. The van der Waals surface area contributed by atoms with E-state index in [1.54, 1.807) is 24.9 Å². The van der Waals surface area contributed by atoms with Crippen LogP contribution in [0.25, 0.3) is 17.1 Å².